The Morgan fingerprint density at radius 2 is 1.74 bits per heavy atom. The number of ether oxygens (including phenoxy) is 1. The van der Waals surface area contributed by atoms with E-state index in [1.54, 1.807) is 42.2 Å². The molecule has 0 saturated carbocycles. The van der Waals surface area contributed by atoms with Crippen LogP contribution in [0.2, 0.25) is 0 Å². The molecule has 0 aliphatic rings. The second-order valence-corrected chi connectivity index (χ2v) is 9.00. The summed E-state index contributed by atoms with van der Waals surface area (Å²) in [7, 11) is -3.86. The molecule has 1 amide bonds. The van der Waals surface area contributed by atoms with Crippen molar-refractivity contribution < 1.29 is 17.9 Å². The molecule has 0 spiro atoms. The number of benzene rings is 2. The highest BCUT2D eigenvalue weighted by Gasteiger charge is 2.19. The second-order valence-electron chi connectivity index (χ2n) is 7.27. The quantitative estimate of drug-likeness (QED) is 0.525. The van der Waals surface area contributed by atoms with Crippen LogP contribution in [0.5, 0.6) is 5.75 Å². The lowest BCUT2D eigenvalue weighted by Crippen LogP contribution is -2.34. The Morgan fingerprint density at radius 3 is 2.32 bits per heavy atom. The standard InChI is InChI=1S/C21H25N5O4S/c1-15(2)30-20-10-6-18(7-11-20)25-31(28,29)12-21(27)24-16(3)17-4-8-19(9-5-17)26-14-22-13-23-26/h4-11,13-16,25H,12H2,1-3H3,(H,24,27). The first-order valence-electron chi connectivity index (χ1n) is 9.73. The average Bonchev–Trinajstić information content (AvgIpc) is 3.23. The molecule has 1 heterocycles. The van der Waals surface area contributed by atoms with E-state index in [4.69, 9.17) is 4.74 Å². The van der Waals surface area contributed by atoms with Gasteiger partial charge in [-0.3, -0.25) is 9.52 Å². The average molecular weight is 444 g/mol. The van der Waals surface area contributed by atoms with E-state index in [1.807, 2.05) is 38.1 Å². The molecule has 0 fully saturated rings. The van der Waals surface area contributed by atoms with Gasteiger partial charge in [-0.2, -0.15) is 5.10 Å². The summed E-state index contributed by atoms with van der Waals surface area (Å²) in [5.74, 6) is -0.641. The van der Waals surface area contributed by atoms with Crippen LogP contribution in [-0.4, -0.2) is 40.9 Å². The van der Waals surface area contributed by atoms with Gasteiger partial charge in [0.2, 0.25) is 15.9 Å². The van der Waals surface area contributed by atoms with Crippen LogP contribution in [-0.2, 0) is 14.8 Å². The van der Waals surface area contributed by atoms with Crippen molar-refractivity contribution in [1.82, 2.24) is 20.1 Å². The largest absolute Gasteiger partial charge is 0.491 e. The molecule has 10 heteroatoms. The van der Waals surface area contributed by atoms with Crippen molar-refractivity contribution in [3.05, 3.63) is 66.7 Å². The highest BCUT2D eigenvalue weighted by atomic mass is 32.2. The molecule has 1 aromatic heterocycles. The van der Waals surface area contributed by atoms with Crippen LogP contribution < -0.4 is 14.8 Å². The van der Waals surface area contributed by atoms with Crippen molar-refractivity contribution in [2.24, 2.45) is 0 Å². The van der Waals surface area contributed by atoms with Gasteiger partial charge in [0.05, 0.1) is 17.8 Å². The summed E-state index contributed by atoms with van der Waals surface area (Å²) in [6.45, 7) is 5.60. The van der Waals surface area contributed by atoms with E-state index < -0.39 is 21.7 Å². The van der Waals surface area contributed by atoms with Crippen LogP contribution in [0.4, 0.5) is 5.69 Å². The number of rotatable bonds is 9. The minimum Gasteiger partial charge on any atom is -0.491 e. The molecular weight excluding hydrogens is 418 g/mol. The monoisotopic (exact) mass is 443 g/mol. The first kappa shape index (κ1) is 22.3. The van der Waals surface area contributed by atoms with Crippen LogP contribution in [0, 0.1) is 0 Å². The SMILES string of the molecule is CC(C)Oc1ccc(NS(=O)(=O)CC(=O)NC(C)c2ccc(-n3cncn3)cc2)cc1. The van der Waals surface area contributed by atoms with Gasteiger partial charge in [0.25, 0.3) is 0 Å². The number of nitrogens with one attached hydrogen (secondary N) is 2. The Hall–Kier alpha value is -3.40. The van der Waals surface area contributed by atoms with Gasteiger partial charge in [0.1, 0.15) is 24.2 Å². The number of carbonyl (C=O) groups is 1. The van der Waals surface area contributed by atoms with Crippen molar-refractivity contribution >= 4 is 21.6 Å². The zero-order valence-corrected chi connectivity index (χ0v) is 18.3. The highest BCUT2D eigenvalue weighted by molar-refractivity contribution is 7.93. The minimum atomic E-state index is -3.86. The number of aromatic nitrogens is 3. The van der Waals surface area contributed by atoms with Crippen molar-refractivity contribution in [2.45, 2.75) is 32.9 Å². The van der Waals surface area contributed by atoms with Gasteiger partial charge in [-0.25, -0.2) is 18.1 Å². The number of anilines is 1. The molecule has 0 aliphatic carbocycles. The third kappa shape index (κ3) is 6.54. The lowest BCUT2D eigenvalue weighted by molar-refractivity contribution is -0.119. The molecule has 2 aromatic carbocycles. The number of amides is 1. The third-order valence-corrected chi connectivity index (χ3v) is 5.46. The van der Waals surface area contributed by atoms with Crippen LogP contribution in [0.15, 0.2) is 61.2 Å². The van der Waals surface area contributed by atoms with Gasteiger partial charge in [0, 0.05) is 5.69 Å². The summed E-state index contributed by atoms with van der Waals surface area (Å²) in [5.41, 5.74) is 2.03. The normalized spacial score (nSPS) is 12.4. The van der Waals surface area contributed by atoms with Gasteiger partial charge in [-0.15, -0.1) is 0 Å². The van der Waals surface area contributed by atoms with Gasteiger partial charge in [0.15, 0.2) is 0 Å². The maximum atomic E-state index is 12.3. The molecule has 164 valence electrons. The van der Waals surface area contributed by atoms with Gasteiger partial charge < -0.3 is 10.1 Å². The van der Waals surface area contributed by atoms with Crippen LogP contribution in [0.1, 0.15) is 32.4 Å². The van der Waals surface area contributed by atoms with E-state index in [0.29, 0.717) is 11.4 Å². The molecule has 31 heavy (non-hydrogen) atoms. The fraction of sp³-hybridized carbons (Fsp3) is 0.286. The van der Waals surface area contributed by atoms with E-state index in [2.05, 4.69) is 20.1 Å². The zero-order chi connectivity index (χ0) is 22.4. The van der Waals surface area contributed by atoms with Crippen molar-refractivity contribution in [1.29, 1.82) is 0 Å². The van der Waals surface area contributed by atoms with Crippen molar-refractivity contribution in [3.8, 4) is 11.4 Å². The Labute approximate surface area is 181 Å². The van der Waals surface area contributed by atoms with Gasteiger partial charge in [-0.1, -0.05) is 12.1 Å². The van der Waals surface area contributed by atoms with Crippen molar-refractivity contribution in [3.63, 3.8) is 0 Å². The molecular formula is C21H25N5O4S. The molecule has 2 N–H and O–H groups in total. The number of carbonyl (C=O) groups excluding carboxylic acids is 1. The Bertz CT molecular complexity index is 1100. The number of nitrogens with zero attached hydrogens (tertiary/aromatic N) is 3. The fourth-order valence-electron chi connectivity index (χ4n) is 2.89. The predicted octanol–water partition coefficient (Wildman–Crippen LogP) is 2.67. The van der Waals surface area contributed by atoms with E-state index in [9.17, 15) is 13.2 Å². The highest BCUT2D eigenvalue weighted by Crippen LogP contribution is 2.18. The summed E-state index contributed by atoms with van der Waals surface area (Å²) in [6, 6.07) is 13.5. The number of hydrogen-bond donors (Lipinski definition) is 2. The lowest BCUT2D eigenvalue weighted by Gasteiger charge is -2.15. The molecule has 9 nitrogen and oxygen atoms in total. The summed E-state index contributed by atoms with van der Waals surface area (Å²) < 4.78 is 34.2. The van der Waals surface area contributed by atoms with E-state index in [1.165, 1.54) is 6.33 Å². The maximum absolute atomic E-state index is 12.3. The third-order valence-electron chi connectivity index (χ3n) is 4.27. The maximum Gasteiger partial charge on any atom is 0.241 e. The first-order valence-corrected chi connectivity index (χ1v) is 11.4. The molecule has 0 saturated heterocycles. The lowest BCUT2D eigenvalue weighted by atomic mass is 10.1. The Morgan fingerprint density at radius 1 is 1.06 bits per heavy atom. The zero-order valence-electron chi connectivity index (χ0n) is 17.5. The summed E-state index contributed by atoms with van der Waals surface area (Å²) in [5, 5.41) is 6.77. The smallest absolute Gasteiger partial charge is 0.241 e. The molecule has 1 atom stereocenters. The van der Waals surface area contributed by atoms with Gasteiger partial charge >= 0.3 is 0 Å². The van der Waals surface area contributed by atoms with Crippen LogP contribution >= 0.6 is 0 Å². The predicted molar refractivity (Wildman–Crippen MR) is 118 cm³/mol. The number of hydrogen-bond acceptors (Lipinski definition) is 6. The molecule has 0 radical (unpaired) electrons. The molecule has 1 unspecified atom stereocenters. The van der Waals surface area contributed by atoms with E-state index in [0.717, 1.165) is 11.3 Å². The molecule has 0 aliphatic heterocycles. The molecule has 0 bridgehead atoms. The van der Waals surface area contributed by atoms with Crippen LogP contribution in [0.3, 0.4) is 0 Å². The van der Waals surface area contributed by atoms with Gasteiger partial charge in [-0.05, 0) is 62.7 Å². The Kier molecular flexibility index (Phi) is 6.91. The second kappa shape index (κ2) is 9.61. The van der Waals surface area contributed by atoms with Crippen LogP contribution in [0.25, 0.3) is 5.69 Å². The van der Waals surface area contributed by atoms with E-state index in [-0.39, 0.29) is 12.1 Å². The summed E-state index contributed by atoms with van der Waals surface area (Å²) in [4.78, 5) is 16.2. The summed E-state index contributed by atoms with van der Waals surface area (Å²) in [6.07, 6.45) is 3.05. The fourth-order valence-corrected chi connectivity index (χ4v) is 3.88. The minimum absolute atomic E-state index is 0.0204. The molecule has 3 aromatic rings. The van der Waals surface area contributed by atoms with Crippen molar-refractivity contribution in [2.75, 3.05) is 10.5 Å². The Balaban J connectivity index is 1.55. The topological polar surface area (TPSA) is 115 Å². The molecule has 3 rings (SSSR count). The van der Waals surface area contributed by atoms with E-state index >= 15 is 0 Å². The number of sulfonamides is 1. The summed E-state index contributed by atoms with van der Waals surface area (Å²) >= 11 is 0. The first-order chi connectivity index (χ1) is 14.7.